The Hall–Kier alpha value is -7.14. The van der Waals surface area contributed by atoms with Crippen LogP contribution in [-0.4, -0.2) is 96.7 Å². The number of allylic oxidation sites excluding steroid dienone is 40. The number of phosphoric ester groups is 2. The van der Waals surface area contributed by atoms with Gasteiger partial charge in [-0.2, -0.15) is 0 Å². The van der Waals surface area contributed by atoms with Crippen LogP contribution in [0.25, 0.3) is 0 Å². The van der Waals surface area contributed by atoms with E-state index in [4.69, 9.17) is 37.0 Å². The van der Waals surface area contributed by atoms with Crippen LogP contribution in [0.15, 0.2) is 243 Å². The van der Waals surface area contributed by atoms with E-state index in [1.165, 1.54) is 19.3 Å². The molecule has 0 rings (SSSR count). The summed E-state index contributed by atoms with van der Waals surface area (Å²) in [6, 6.07) is 0. The normalized spacial score (nSPS) is 14.9. The molecule has 3 N–H and O–H groups in total. The highest BCUT2D eigenvalue weighted by Crippen LogP contribution is 2.45. The van der Waals surface area contributed by atoms with Gasteiger partial charge in [0, 0.05) is 25.7 Å². The minimum absolute atomic E-state index is 0.0182. The first kappa shape index (κ1) is 109. The molecule has 0 heterocycles. The minimum atomic E-state index is -5.03. The zero-order valence-corrected chi connectivity index (χ0v) is 73.1. The summed E-state index contributed by atoms with van der Waals surface area (Å²) >= 11 is 0. The number of unbranched alkanes of at least 4 members (excludes halogenated alkanes) is 12. The molecule has 0 spiro atoms. The van der Waals surface area contributed by atoms with Crippen LogP contribution in [0, 0.1) is 0 Å². The van der Waals surface area contributed by atoms with Crippen molar-refractivity contribution in [1.82, 2.24) is 0 Å². The average molecular weight is 1650 g/mol. The number of aliphatic hydroxyl groups is 1. The van der Waals surface area contributed by atoms with Crippen molar-refractivity contribution in [2.45, 2.75) is 303 Å². The molecule has 0 radical (unpaired) electrons. The van der Waals surface area contributed by atoms with E-state index in [0.717, 1.165) is 180 Å². The topological polar surface area (TPSA) is 237 Å². The lowest BCUT2D eigenvalue weighted by molar-refractivity contribution is -0.161. The summed E-state index contributed by atoms with van der Waals surface area (Å²) in [7, 11) is -10.1. The van der Waals surface area contributed by atoms with Gasteiger partial charge in [0.1, 0.15) is 19.3 Å². The second-order valence-corrected chi connectivity index (χ2v) is 30.5. The van der Waals surface area contributed by atoms with Crippen molar-refractivity contribution in [2.24, 2.45) is 0 Å². The molecule has 0 aromatic heterocycles. The van der Waals surface area contributed by atoms with Gasteiger partial charge in [0.25, 0.3) is 0 Å². The molecule has 0 aromatic carbocycles. The smallest absolute Gasteiger partial charge is 0.462 e. The Bertz CT molecular complexity index is 3160. The maximum atomic E-state index is 13.2. The third kappa shape index (κ3) is 84.8. The highest BCUT2D eigenvalue weighted by atomic mass is 31.2. The lowest BCUT2D eigenvalue weighted by atomic mass is 10.1. The van der Waals surface area contributed by atoms with E-state index in [-0.39, 0.29) is 25.7 Å². The van der Waals surface area contributed by atoms with E-state index in [1.807, 2.05) is 18.2 Å². The van der Waals surface area contributed by atoms with Gasteiger partial charge in [-0.25, -0.2) is 9.13 Å². The van der Waals surface area contributed by atoms with Crippen molar-refractivity contribution in [1.29, 1.82) is 0 Å². The first-order valence-corrected chi connectivity index (χ1v) is 46.3. The standard InChI is InChI=1S/C97H150O17P2/c1-5-9-13-17-21-25-29-33-37-41-45-49-53-57-61-65-69-73-77-81-94(99)107-87-92(113-96(101)83-79-75-71-67-63-59-55-51-47-43-39-35-31-27-23-19-15-11-7-3)89-111-115(103,104)109-85-91(98)86-110-116(105,106)112-90-93(114-97(102)84-80-76-72-68-64-60-56-52-48-44-40-36-32-28-24-20-16-12-8-4)88-108-95(100)82-78-74-70-66-62-58-54-50-46-42-38-34-30-26-22-18-14-10-6-2/h9,11-13,15-16,21-28,33-40,45-52,57-64,70,74,91-93,98H,5-8,10,14,17-20,29-32,41-44,53-56,65-69,71-73,75-90H2,1-4H3,(H,103,104)(H,105,106)/b13-9-,15-11-,16-12-,25-21-,26-22-,27-23-,28-24-,37-33-,38-34-,39-35-,40-36-,49-45-,50-46-,51-47-,52-48-,61-57-,62-58-,63-59-,64-60-,74-70-/t91-,92-,93-/m1/s1. The SMILES string of the molecule is CC/C=C\C/C=C\C/C=C\C/C=C\C/C=C\CCCCCC(=O)OC[C@H](COP(=O)(O)OC[C@@H](O)COP(=O)(O)OC[C@@H](COC(=O)CC/C=C\C/C=C\C/C=C\C/C=C\C/C=C\CCCCC)OC(=O)CCCCC/C=C\C/C=C\C/C=C\C/C=C\C/C=C\CC)OC(=O)CCCCC/C=C\C/C=C\C/C=C\C/C=C\C/C=C\CC. The van der Waals surface area contributed by atoms with Crippen molar-refractivity contribution in [3.05, 3.63) is 243 Å². The molecule has 2 unspecified atom stereocenters. The Balaban J connectivity index is 5.61. The number of aliphatic hydroxyl groups excluding tert-OH is 1. The molecule has 0 aliphatic heterocycles. The maximum absolute atomic E-state index is 13.2. The molecular formula is C97H150O17P2. The van der Waals surface area contributed by atoms with Gasteiger partial charge in [0.05, 0.1) is 26.4 Å². The molecular weight excluding hydrogens is 1500 g/mol. The maximum Gasteiger partial charge on any atom is 0.472 e. The minimum Gasteiger partial charge on any atom is -0.462 e. The van der Waals surface area contributed by atoms with Crippen LogP contribution in [0.5, 0.6) is 0 Å². The predicted octanol–water partition coefficient (Wildman–Crippen LogP) is 26.3. The number of carbonyl (C=O) groups is 4. The number of rotatable bonds is 78. The molecule has 0 aromatic rings. The fourth-order valence-electron chi connectivity index (χ4n) is 10.3. The average Bonchev–Trinajstić information content (AvgIpc) is 0.898. The van der Waals surface area contributed by atoms with Crippen molar-refractivity contribution in [3.8, 4) is 0 Å². The highest BCUT2D eigenvalue weighted by molar-refractivity contribution is 7.47. The molecule has 650 valence electrons. The van der Waals surface area contributed by atoms with Crippen LogP contribution in [0.3, 0.4) is 0 Å². The number of ether oxygens (including phenoxy) is 4. The van der Waals surface area contributed by atoms with Crippen molar-refractivity contribution < 1.29 is 80.2 Å². The van der Waals surface area contributed by atoms with Gasteiger partial charge >= 0.3 is 39.5 Å². The second-order valence-electron chi connectivity index (χ2n) is 27.6. The van der Waals surface area contributed by atoms with Gasteiger partial charge < -0.3 is 33.8 Å². The molecule has 19 heteroatoms. The zero-order valence-electron chi connectivity index (χ0n) is 71.3. The molecule has 116 heavy (non-hydrogen) atoms. The Morgan fingerprint density at radius 1 is 0.250 bits per heavy atom. The Morgan fingerprint density at radius 3 is 0.724 bits per heavy atom. The number of carbonyl (C=O) groups excluding carboxylic acids is 4. The van der Waals surface area contributed by atoms with Crippen molar-refractivity contribution in [2.75, 3.05) is 39.6 Å². The number of hydrogen-bond donors (Lipinski definition) is 3. The van der Waals surface area contributed by atoms with Gasteiger partial charge in [0.15, 0.2) is 12.2 Å². The monoisotopic (exact) mass is 1650 g/mol. The fraction of sp³-hybridized carbons (Fsp3) is 0.546. The third-order valence-electron chi connectivity index (χ3n) is 16.8. The highest BCUT2D eigenvalue weighted by Gasteiger charge is 2.30. The molecule has 0 aliphatic carbocycles. The lowest BCUT2D eigenvalue weighted by Gasteiger charge is -2.21. The van der Waals surface area contributed by atoms with Crippen LogP contribution < -0.4 is 0 Å². The molecule has 5 atom stereocenters. The number of hydrogen-bond acceptors (Lipinski definition) is 15. The summed E-state index contributed by atoms with van der Waals surface area (Å²) in [6.07, 6.45) is 113. The summed E-state index contributed by atoms with van der Waals surface area (Å²) < 4.78 is 68.7. The number of phosphoric acid groups is 2. The summed E-state index contributed by atoms with van der Waals surface area (Å²) in [5.41, 5.74) is 0. The first-order chi connectivity index (χ1) is 56.7. The van der Waals surface area contributed by atoms with E-state index in [2.05, 4.69) is 253 Å². The van der Waals surface area contributed by atoms with Gasteiger partial charge in [-0.05, 0) is 199 Å². The Morgan fingerprint density at radius 2 is 0.466 bits per heavy atom. The van der Waals surface area contributed by atoms with Gasteiger partial charge in [0.2, 0.25) is 0 Å². The molecule has 0 aliphatic rings. The summed E-state index contributed by atoms with van der Waals surface area (Å²) in [5.74, 6) is -2.41. The van der Waals surface area contributed by atoms with Crippen LogP contribution in [-0.2, 0) is 65.4 Å². The van der Waals surface area contributed by atoms with Gasteiger partial charge in [-0.15, -0.1) is 0 Å². The van der Waals surface area contributed by atoms with Gasteiger partial charge in [-0.1, -0.05) is 303 Å². The van der Waals surface area contributed by atoms with Crippen molar-refractivity contribution >= 4 is 39.5 Å². The molecule has 0 fully saturated rings. The molecule has 0 amide bonds. The quantitative estimate of drug-likeness (QED) is 0.0169. The lowest BCUT2D eigenvalue weighted by Crippen LogP contribution is -2.30. The zero-order chi connectivity index (χ0) is 84.5. The summed E-state index contributed by atoms with van der Waals surface area (Å²) in [5, 5.41) is 10.7. The Labute approximate surface area is 701 Å². The van der Waals surface area contributed by atoms with Crippen LogP contribution in [0.4, 0.5) is 0 Å². The van der Waals surface area contributed by atoms with E-state index in [0.29, 0.717) is 32.1 Å². The Kier molecular flexibility index (Phi) is 80.5. The van der Waals surface area contributed by atoms with E-state index in [9.17, 15) is 43.2 Å². The van der Waals surface area contributed by atoms with E-state index < -0.39 is 97.5 Å². The molecule has 0 saturated heterocycles. The van der Waals surface area contributed by atoms with Crippen molar-refractivity contribution in [3.63, 3.8) is 0 Å². The largest absolute Gasteiger partial charge is 0.472 e. The summed E-state index contributed by atoms with van der Waals surface area (Å²) in [4.78, 5) is 73.3. The van der Waals surface area contributed by atoms with Gasteiger partial charge in [-0.3, -0.25) is 37.3 Å². The predicted molar refractivity (Wildman–Crippen MR) is 481 cm³/mol. The van der Waals surface area contributed by atoms with E-state index in [1.54, 1.807) is 0 Å². The first-order valence-electron chi connectivity index (χ1n) is 43.3. The van der Waals surface area contributed by atoms with Crippen LogP contribution >= 0.6 is 15.6 Å². The molecule has 0 saturated carbocycles. The summed E-state index contributed by atoms with van der Waals surface area (Å²) in [6.45, 7) is 4.28. The van der Waals surface area contributed by atoms with Crippen LogP contribution in [0.2, 0.25) is 0 Å². The van der Waals surface area contributed by atoms with Crippen LogP contribution in [0.1, 0.15) is 285 Å². The van der Waals surface area contributed by atoms with E-state index >= 15 is 0 Å². The molecule has 0 bridgehead atoms. The second kappa shape index (κ2) is 85.7. The number of esters is 4. The third-order valence-corrected chi connectivity index (χ3v) is 18.7. The fourth-order valence-corrected chi connectivity index (χ4v) is 11.9. The molecule has 17 nitrogen and oxygen atoms in total.